The van der Waals surface area contributed by atoms with E-state index in [1.54, 1.807) is 0 Å². The van der Waals surface area contributed by atoms with Gasteiger partial charge in [-0.25, -0.2) is 0 Å². The van der Waals surface area contributed by atoms with Crippen LogP contribution in [0.1, 0.15) is 124 Å². The van der Waals surface area contributed by atoms with E-state index < -0.39 is 23.4 Å². The van der Waals surface area contributed by atoms with Crippen LogP contribution in [-0.2, 0) is 57.0 Å². The van der Waals surface area contributed by atoms with Crippen molar-refractivity contribution in [1.29, 1.82) is 0 Å². The molecule has 10 heterocycles. The minimum Gasteiger partial charge on any atom is -0.459 e. The number of rotatable bonds is 3. The number of fused-ring (bicyclic) bond motifs is 9. The van der Waals surface area contributed by atoms with E-state index in [2.05, 4.69) is 58.6 Å². The van der Waals surface area contributed by atoms with E-state index in [0.717, 1.165) is 57.7 Å². The third-order valence-corrected chi connectivity index (χ3v) is 16.2. The van der Waals surface area contributed by atoms with E-state index in [0.29, 0.717) is 56.4 Å². The van der Waals surface area contributed by atoms with Gasteiger partial charge in [0.2, 0.25) is 0 Å². The summed E-state index contributed by atoms with van der Waals surface area (Å²) in [6.45, 7) is 12.7. The highest BCUT2D eigenvalue weighted by Gasteiger charge is 2.57. The van der Waals surface area contributed by atoms with E-state index >= 15 is 0 Å². The van der Waals surface area contributed by atoms with Crippen LogP contribution in [0, 0.1) is 11.8 Å². The summed E-state index contributed by atoms with van der Waals surface area (Å²) in [6, 6.07) is 0. The second kappa shape index (κ2) is 17.6. The lowest BCUT2D eigenvalue weighted by Gasteiger charge is -2.55. The molecule has 13 nitrogen and oxygen atoms in total. The number of hydrogen-bond acceptors (Lipinski definition) is 13. The Morgan fingerprint density at radius 3 is 2.26 bits per heavy atom. The molecule has 10 aliphatic heterocycles. The molecule has 0 radical (unpaired) electrons. The topological polar surface area (TPSA) is 147 Å². The van der Waals surface area contributed by atoms with Crippen LogP contribution in [0.25, 0.3) is 0 Å². The minimum absolute atomic E-state index is 0.0861. The van der Waals surface area contributed by atoms with Gasteiger partial charge in [-0.1, -0.05) is 44.7 Å². The maximum absolute atomic E-state index is 12.3. The Kier molecular flexibility index (Phi) is 12.5. The summed E-state index contributed by atoms with van der Waals surface area (Å²) in [5.74, 6) is 0.336. The van der Waals surface area contributed by atoms with Gasteiger partial charge in [0, 0.05) is 32.1 Å². The van der Waals surface area contributed by atoms with Crippen LogP contribution in [-0.4, -0.2) is 138 Å². The fraction of sp³-hybridized carbons (Fsp3) is 0.837. The van der Waals surface area contributed by atoms with E-state index in [9.17, 15) is 14.7 Å². The predicted molar refractivity (Wildman–Crippen MR) is 224 cm³/mol. The number of ether oxygens (including phenoxy) is 10. The molecular formula is C49H70O13. The summed E-state index contributed by atoms with van der Waals surface area (Å²) in [6.07, 6.45) is 15.7. The fourth-order valence-electron chi connectivity index (χ4n) is 13.2. The van der Waals surface area contributed by atoms with Crippen LogP contribution in [0.3, 0.4) is 0 Å². The van der Waals surface area contributed by atoms with Crippen molar-refractivity contribution in [3.05, 3.63) is 36.5 Å². The number of aliphatic hydroxyl groups excluding tert-OH is 1. The van der Waals surface area contributed by atoms with Crippen molar-refractivity contribution in [3.63, 3.8) is 0 Å². The Morgan fingerprint density at radius 1 is 0.694 bits per heavy atom. The zero-order valence-corrected chi connectivity index (χ0v) is 37.1. The molecule has 10 aliphatic rings. The molecule has 0 amide bonds. The van der Waals surface area contributed by atoms with E-state index in [1.165, 1.54) is 0 Å². The highest BCUT2D eigenvalue weighted by atomic mass is 16.6. The molecule has 62 heavy (non-hydrogen) atoms. The normalized spacial score (nSPS) is 53.8. The van der Waals surface area contributed by atoms with Crippen LogP contribution in [0.15, 0.2) is 36.5 Å². The molecular weight excluding hydrogens is 797 g/mol. The fourth-order valence-corrected chi connectivity index (χ4v) is 13.2. The molecule has 8 saturated heterocycles. The molecule has 10 rings (SSSR count). The summed E-state index contributed by atoms with van der Waals surface area (Å²) >= 11 is 0. The molecule has 13 heteroatoms. The molecule has 0 bridgehead atoms. The molecule has 0 spiro atoms. The van der Waals surface area contributed by atoms with Crippen LogP contribution in [0.4, 0.5) is 0 Å². The van der Waals surface area contributed by atoms with Crippen molar-refractivity contribution < 1.29 is 62.1 Å². The smallest absolute Gasteiger partial charge is 0.308 e. The molecule has 9 unspecified atom stereocenters. The summed E-state index contributed by atoms with van der Waals surface area (Å²) in [5, 5.41) is 11.2. The van der Waals surface area contributed by atoms with Crippen LogP contribution in [0.5, 0.6) is 0 Å². The second-order valence-corrected chi connectivity index (χ2v) is 21.2. The molecule has 0 aromatic heterocycles. The molecule has 344 valence electrons. The van der Waals surface area contributed by atoms with Crippen LogP contribution < -0.4 is 0 Å². The minimum atomic E-state index is -0.697. The molecule has 0 saturated carbocycles. The lowest BCUT2D eigenvalue weighted by atomic mass is 9.78. The van der Waals surface area contributed by atoms with Gasteiger partial charge in [0.15, 0.2) is 0 Å². The van der Waals surface area contributed by atoms with Crippen molar-refractivity contribution in [2.45, 2.75) is 245 Å². The average molecular weight is 867 g/mol. The van der Waals surface area contributed by atoms with Gasteiger partial charge in [-0.3, -0.25) is 9.59 Å². The predicted octanol–water partition coefficient (Wildman–Crippen LogP) is 5.95. The standard InChI is InChI=1S/C49H70O13/c1-26-17-36-39(22-45(52)58-36)57-44-21-38-40(62-48(44,4)23-26)18-28(3)46-35(55-38)11-7-6-10-31-32(59-46)12-8-14-34-33(54-31)13-9-15-43-49(5,61-34)24-42-37(56-43)20-41-47(60-42)30(51)19-29(53-41)16-27(2)25-50/h6-8,14,25-26,28-44,46-47,51H,2,9-13,15-24H2,1,3-5H3/b7-6-,14-8-/t26-,28+,29-,30+,31?,32+,33?,34-,35?,36+,37?,38?,39?,40+,41?,42-,43?,44?,46-,47+,48-,49+/m1/s1. The first-order valence-electron chi connectivity index (χ1n) is 24.1. The Hall–Kier alpha value is -2.04. The quantitative estimate of drug-likeness (QED) is 0.155. The molecule has 1 N–H and O–H groups in total. The Balaban J connectivity index is 0.817. The number of aliphatic hydroxyl groups is 1. The third kappa shape index (κ3) is 8.71. The summed E-state index contributed by atoms with van der Waals surface area (Å²) in [7, 11) is 0. The van der Waals surface area contributed by atoms with Gasteiger partial charge in [-0.15, -0.1) is 0 Å². The van der Waals surface area contributed by atoms with Gasteiger partial charge in [0.25, 0.3) is 0 Å². The van der Waals surface area contributed by atoms with Crippen molar-refractivity contribution >= 4 is 12.3 Å². The summed E-state index contributed by atoms with van der Waals surface area (Å²) in [5.41, 5.74) is -0.638. The Bertz CT molecular complexity index is 1720. The Morgan fingerprint density at radius 2 is 1.42 bits per heavy atom. The van der Waals surface area contributed by atoms with Crippen LogP contribution in [0.2, 0.25) is 0 Å². The number of carbonyl (C=O) groups excluding carboxylic acids is 2. The first-order valence-corrected chi connectivity index (χ1v) is 24.1. The van der Waals surface area contributed by atoms with Gasteiger partial charge in [-0.05, 0) is 89.0 Å². The van der Waals surface area contributed by atoms with E-state index in [-0.39, 0.29) is 110 Å². The van der Waals surface area contributed by atoms with Gasteiger partial charge >= 0.3 is 5.97 Å². The van der Waals surface area contributed by atoms with Crippen molar-refractivity contribution in [3.8, 4) is 0 Å². The van der Waals surface area contributed by atoms with Crippen LogP contribution >= 0.6 is 0 Å². The molecule has 0 aromatic carbocycles. The van der Waals surface area contributed by atoms with Crippen molar-refractivity contribution in [2.24, 2.45) is 11.8 Å². The first kappa shape index (κ1) is 43.8. The summed E-state index contributed by atoms with van der Waals surface area (Å²) in [4.78, 5) is 23.6. The van der Waals surface area contributed by atoms with E-state index in [1.807, 2.05) is 0 Å². The maximum Gasteiger partial charge on any atom is 0.308 e. The largest absolute Gasteiger partial charge is 0.459 e. The van der Waals surface area contributed by atoms with Gasteiger partial charge in [0.1, 0.15) is 30.7 Å². The molecule has 22 atom stereocenters. The van der Waals surface area contributed by atoms with Gasteiger partial charge < -0.3 is 52.5 Å². The zero-order valence-electron chi connectivity index (χ0n) is 37.1. The number of carbonyl (C=O) groups is 2. The van der Waals surface area contributed by atoms with Crippen molar-refractivity contribution in [1.82, 2.24) is 0 Å². The summed E-state index contributed by atoms with van der Waals surface area (Å²) < 4.78 is 68.1. The van der Waals surface area contributed by atoms with Crippen molar-refractivity contribution in [2.75, 3.05) is 0 Å². The lowest BCUT2D eigenvalue weighted by Crippen LogP contribution is -2.65. The highest BCUT2D eigenvalue weighted by molar-refractivity contribution is 5.72. The van der Waals surface area contributed by atoms with Gasteiger partial charge in [0.05, 0.1) is 103 Å². The third-order valence-electron chi connectivity index (χ3n) is 16.2. The number of esters is 1. The Labute approximate surface area is 366 Å². The average Bonchev–Trinajstić information content (AvgIpc) is 3.52. The highest BCUT2D eigenvalue weighted by Crippen LogP contribution is 2.48. The molecule has 0 aromatic rings. The molecule has 0 aliphatic carbocycles. The maximum atomic E-state index is 12.3. The lowest BCUT2D eigenvalue weighted by molar-refractivity contribution is -0.316. The second-order valence-electron chi connectivity index (χ2n) is 21.2. The SMILES string of the molecule is C=C(C=O)C[C@@H]1C[C@H](O)[C@@H]2O[C@@H]3C[C@]4(C)O[C@@H]5/C=C\C[C@@H]6O[C@H]7C(C/C=C\CC6OC5CCCC4OC3CC2O1)OC1CC2OC3CC(=O)O[C@H]3C[C@@H](C)C[C@@]2(C)O[C@H]1C[C@@H]7C. The first-order chi connectivity index (χ1) is 29.8. The van der Waals surface area contributed by atoms with Gasteiger partial charge in [-0.2, -0.15) is 0 Å². The molecule has 8 fully saturated rings. The number of hydrogen-bond donors (Lipinski definition) is 1. The number of aldehydes is 1. The zero-order chi connectivity index (χ0) is 42.9. The van der Waals surface area contributed by atoms with E-state index in [4.69, 9.17) is 47.4 Å². The monoisotopic (exact) mass is 866 g/mol.